The van der Waals surface area contributed by atoms with E-state index in [-0.39, 0.29) is 30.2 Å². The number of anilines is 1. The number of rotatable bonds is 7. The van der Waals surface area contributed by atoms with E-state index < -0.39 is 0 Å². The number of carbonyl (C=O) groups is 2. The Morgan fingerprint density at radius 1 is 0.960 bits per heavy atom. The molecule has 2 aromatic rings. The Kier molecular flexibility index (Phi) is 6.71. The van der Waals surface area contributed by atoms with Crippen molar-refractivity contribution in [1.29, 1.82) is 0 Å². The Morgan fingerprint density at radius 3 is 2.16 bits per heavy atom. The molecule has 0 bridgehead atoms. The van der Waals surface area contributed by atoms with Gasteiger partial charge in [-0.05, 0) is 23.3 Å². The van der Waals surface area contributed by atoms with Crippen molar-refractivity contribution in [1.82, 2.24) is 5.32 Å². The van der Waals surface area contributed by atoms with E-state index in [0.717, 1.165) is 16.8 Å². The normalized spacial score (nSPS) is 11.8. The molecule has 0 saturated carbocycles. The fourth-order valence-corrected chi connectivity index (χ4v) is 2.38. The molecule has 0 aromatic heterocycles. The van der Waals surface area contributed by atoms with Crippen LogP contribution < -0.4 is 16.4 Å². The van der Waals surface area contributed by atoms with Gasteiger partial charge in [0.05, 0.1) is 5.92 Å². The summed E-state index contributed by atoms with van der Waals surface area (Å²) in [5, 5.41) is 5.76. The Bertz CT molecular complexity index is 697. The first-order chi connectivity index (χ1) is 12.0. The lowest BCUT2D eigenvalue weighted by molar-refractivity contribution is -0.122. The summed E-state index contributed by atoms with van der Waals surface area (Å²) in [6.45, 7) is 4.37. The molecular weight excluding hydrogens is 314 g/mol. The van der Waals surface area contributed by atoms with Crippen molar-refractivity contribution < 1.29 is 9.59 Å². The van der Waals surface area contributed by atoms with Crippen LogP contribution >= 0.6 is 0 Å². The fourth-order valence-electron chi connectivity index (χ4n) is 2.38. The van der Waals surface area contributed by atoms with Gasteiger partial charge in [0.15, 0.2) is 0 Å². The molecule has 132 valence electrons. The minimum absolute atomic E-state index is 0.0188. The van der Waals surface area contributed by atoms with Crippen molar-refractivity contribution in [3.05, 3.63) is 65.7 Å². The second-order valence-corrected chi connectivity index (χ2v) is 6.26. The van der Waals surface area contributed by atoms with Gasteiger partial charge < -0.3 is 16.4 Å². The lowest BCUT2D eigenvalue weighted by Crippen LogP contribution is -2.33. The molecule has 1 unspecified atom stereocenters. The predicted octanol–water partition coefficient (Wildman–Crippen LogP) is 2.64. The summed E-state index contributed by atoms with van der Waals surface area (Å²) in [4.78, 5) is 24.1. The van der Waals surface area contributed by atoms with Crippen molar-refractivity contribution in [2.45, 2.75) is 26.3 Å². The minimum Gasteiger partial charge on any atom is -0.351 e. The molecule has 0 spiro atoms. The zero-order valence-corrected chi connectivity index (χ0v) is 14.7. The van der Waals surface area contributed by atoms with Crippen molar-refractivity contribution in [3.8, 4) is 0 Å². The number of hydrogen-bond donors (Lipinski definition) is 3. The van der Waals surface area contributed by atoms with Gasteiger partial charge in [-0.2, -0.15) is 0 Å². The van der Waals surface area contributed by atoms with Crippen molar-refractivity contribution in [2.75, 3.05) is 11.9 Å². The molecule has 0 aliphatic heterocycles. The molecule has 5 nitrogen and oxygen atoms in total. The van der Waals surface area contributed by atoms with E-state index >= 15 is 0 Å². The third-order valence-corrected chi connectivity index (χ3v) is 3.97. The molecule has 0 aliphatic rings. The molecule has 0 aliphatic carbocycles. The van der Waals surface area contributed by atoms with Gasteiger partial charge in [0.1, 0.15) is 0 Å². The van der Waals surface area contributed by atoms with Crippen LogP contribution in [0.4, 0.5) is 5.69 Å². The van der Waals surface area contributed by atoms with Gasteiger partial charge in [-0.1, -0.05) is 56.3 Å². The average Bonchev–Trinajstić information content (AvgIpc) is 2.62. The average molecular weight is 339 g/mol. The van der Waals surface area contributed by atoms with Crippen LogP contribution in [0.25, 0.3) is 0 Å². The highest BCUT2D eigenvalue weighted by Gasteiger charge is 2.18. The smallest absolute Gasteiger partial charge is 0.229 e. The molecule has 25 heavy (non-hydrogen) atoms. The maximum absolute atomic E-state index is 12.4. The summed E-state index contributed by atoms with van der Waals surface area (Å²) in [7, 11) is 0. The van der Waals surface area contributed by atoms with Crippen LogP contribution in [0, 0.1) is 5.92 Å². The molecule has 0 saturated heterocycles. The SMILES string of the molecule is CC(C)C(=O)Nc1ccc(CNC(=O)C(CN)c2ccccc2)cc1. The molecule has 2 rings (SSSR count). The standard InChI is InChI=1S/C20H25N3O2/c1-14(2)19(24)23-17-10-8-15(9-11-17)13-22-20(25)18(12-21)16-6-4-3-5-7-16/h3-11,14,18H,12-13,21H2,1-2H3,(H,22,25)(H,23,24). The Hall–Kier alpha value is -2.66. The first-order valence-corrected chi connectivity index (χ1v) is 8.43. The second-order valence-electron chi connectivity index (χ2n) is 6.26. The maximum atomic E-state index is 12.4. The number of amides is 2. The van der Waals surface area contributed by atoms with Gasteiger partial charge >= 0.3 is 0 Å². The van der Waals surface area contributed by atoms with Crippen LogP contribution in [0.2, 0.25) is 0 Å². The highest BCUT2D eigenvalue weighted by molar-refractivity contribution is 5.92. The quantitative estimate of drug-likeness (QED) is 0.725. The monoisotopic (exact) mass is 339 g/mol. The number of nitrogens with two attached hydrogens (primary N) is 1. The topological polar surface area (TPSA) is 84.2 Å². The van der Waals surface area contributed by atoms with Gasteiger partial charge in [-0.25, -0.2) is 0 Å². The van der Waals surface area contributed by atoms with Crippen molar-refractivity contribution in [3.63, 3.8) is 0 Å². The number of benzene rings is 2. The molecule has 0 radical (unpaired) electrons. The third kappa shape index (κ3) is 5.43. The van der Waals surface area contributed by atoms with Crippen LogP contribution in [0.15, 0.2) is 54.6 Å². The minimum atomic E-state index is -0.356. The van der Waals surface area contributed by atoms with Crippen molar-refractivity contribution >= 4 is 17.5 Å². The lowest BCUT2D eigenvalue weighted by atomic mass is 9.98. The highest BCUT2D eigenvalue weighted by Crippen LogP contribution is 2.15. The first kappa shape index (κ1) is 18.7. The third-order valence-electron chi connectivity index (χ3n) is 3.97. The molecule has 2 amide bonds. The summed E-state index contributed by atoms with van der Waals surface area (Å²) in [6, 6.07) is 17.0. The van der Waals surface area contributed by atoms with E-state index in [0.29, 0.717) is 6.54 Å². The number of nitrogens with one attached hydrogen (secondary N) is 2. The van der Waals surface area contributed by atoms with Crippen LogP contribution in [0.3, 0.4) is 0 Å². The molecule has 0 heterocycles. The molecule has 2 aromatic carbocycles. The lowest BCUT2D eigenvalue weighted by Gasteiger charge is -2.15. The number of hydrogen-bond acceptors (Lipinski definition) is 3. The zero-order chi connectivity index (χ0) is 18.2. The van der Waals surface area contributed by atoms with Crippen molar-refractivity contribution in [2.24, 2.45) is 11.7 Å². The zero-order valence-electron chi connectivity index (χ0n) is 14.7. The van der Waals surface area contributed by atoms with Crippen LogP contribution in [0.5, 0.6) is 0 Å². The van der Waals surface area contributed by atoms with Gasteiger partial charge in [-0.15, -0.1) is 0 Å². The van der Waals surface area contributed by atoms with E-state index in [1.807, 2.05) is 68.4 Å². The van der Waals surface area contributed by atoms with Crippen LogP contribution in [-0.4, -0.2) is 18.4 Å². The molecule has 4 N–H and O–H groups in total. The number of carbonyl (C=O) groups excluding carboxylic acids is 2. The Balaban J connectivity index is 1.92. The van der Waals surface area contributed by atoms with E-state index in [4.69, 9.17) is 5.73 Å². The maximum Gasteiger partial charge on any atom is 0.229 e. The molecule has 5 heteroatoms. The van der Waals surface area contributed by atoms with Gasteiger partial charge in [0, 0.05) is 24.7 Å². The highest BCUT2D eigenvalue weighted by atomic mass is 16.2. The predicted molar refractivity (Wildman–Crippen MR) is 100.0 cm³/mol. The fraction of sp³-hybridized carbons (Fsp3) is 0.300. The van der Waals surface area contributed by atoms with E-state index in [9.17, 15) is 9.59 Å². The second kappa shape index (κ2) is 8.99. The van der Waals surface area contributed by atoms with Crippen LogP contribution in [0.1, 0.15) is 30.9 Å². The van der Waals surface area contributed by atoms with E-state index in [1.54, 1.807) is 0 Å². The molecule has 1 atom stereocenters. The largest absolute Gasteiger partial charge is 0.351 e. The van der Waals surface area contributed by atoms with Crippen LogP contribution in [-0.2, 0) is 16.1 Å². The summed E-state index contributed by atoms with van der Waals surface area (Å²) in [6.07, 6.45) is 0. The summed E-state index contributed by atoms with van der Waals surface area (Å²) >= 11 is 0. The summed E-state index contributed by atoms with van der Waals surface area (Å²) in [5.74, 6) is -0.531. The Morgan fingerprint density at radius 2 is 1.60 bits per heavy atom. The van der Waals surface area contributed by atoms with Gasteiger partial charge in [0.25, 0.3) is 0 Å². The summed E-state index contributed by atoms with van der Waals surface area (Å²) in [5.41, 5.74) is 8.38. The van der Waals surface area contributed by atoms with Gasteiger partial charge in [0.2, 0.25) is 11.8 Å². The van der Waals surface area contributed by atoms with E-state index in [2.05, 4.69) is 10.6 Å². The first-order valence-electron chi connectivity index (χ1n) is 8.43. The summed E-state index contributed by atoms with van der Waals surface area (Å²) < 4.78 is 0. The Labute approximate surface area is 148 Å². The van der Waals surface area contributed by atoms with Gasteiger partial charge in [-0.3, -0.25) is 9.59 Å². The molecular formula is C20H25N3O2. The molecule has 0 fully saturated rings. The van der Waals surface area contributed by atoms with E-state index in [1.165, 1.54) is 0 Å².